The van der Waals surface area contributed by atoms with E-state index in [0.717, 1.165) is 22.7 Å². The van der Waals surface area contributed by atoms with Gasteiger partial charge in [0.15, 0.2) is 0 Å². The summed E-state index contributed by atoms with van der Waals surface area (Å²) in [6.07, 6.45) is 0.897. The van der Waals surface area contributed by atoms with Gasteiger partial charge in [0.05, 0.1) is 30.4 Å². The zero-order valence-electron chi connectivity index (χ0n) is 24.7. The lowest BCUT2D eigenvalue weighted by Crippen LogP contribution is -2.45. The van der Waals surface area contributed by atoms with Crippen LogP contribution in [0.25, 0.3) is 0 Å². The standard InChI is InChI=1S/C34H39N3O4/c1-20(2)36(21(3)4)25-13-16-27(31(39)19-25)34-33-29(35-28-9-7-8-10-30(28)37(34)22(5)38)17-24(18-32(33)40)23-11-14-26(41-6)15-12-23/h7-16,19-21,24,33-34,39H,17-18H2,1-6H3. The van der Waals surface area contributed by atoms with Gasteiger partial charge in [-0.3, -0.25) is 14.6 Å². The van der Waals surface area contributed by atoms with Crippen LogP contribution in [0.2, 0.25) is 0 Å². The Kier molecular flexibility index (Phi) is 7.89. The van der Waals surface area contributed by atoms with E-state index in [4.69, 9.17) is 9.73 Å². The summed E-state index contributed by atoms with van der Waals surface area (Å²) in [5.41, 5.74) is 4.50. The molecule has 3 unspecified atom stereocenters. The number of rotatable bonds is 6. The number of nitrogens with zero attached hydrogens (tertiary/aromatic N) is 3. The minimum absolute atomic E-state index is 0.00865. The summed E-state index contributed by atoms with van der Waals surface area (Å²) >= 11 is 0. The van der Waals surface area contributed by atoms with Crippen molar-refractivity contribution in [3.63, 3.8) is 0 Å². The number of para-hydroxylation sites is 2. The summed E-state index contributed by atoms with van der Waals surface area (Å²) in [5.74, 6) is -0.0914. The second-order valence-electron chi connectivity index (χ2n) is 11.6. The lowest BCUT2D eigenvalue weighted by Gasteiger charge is -2.39. The van der Waals surface area contributed by atoms with Gasteiger partial charge < -0.3 is 19.6 Å². The summed E-state index contributed by atoms with van der Waals surface area (Å²) in [5, 5.41) is 11.5. The molecule has 41 heavy (non-hydrogen) atoms. The largest absolute Gasteiger partial charge is 0.508 e. The summed E-state index contributed by atoms with van der Waals surface area (Å²) in [4.78, 5) is 36.4. The highest BCUT2D eigenvalue weighted by atomic mass is 16.5. The van der Waals surface area contributed by atoms with Crippen LogP contribution in [0.1, 0.15) is 70.5 Å². The van der Waals surface area contributed by atoms with Crippen LogP contribution in [0.5, 0.6) is 11.5 Å². The topological polar surface area (TPSA) is 82.4 Å². The van der Waals surface area contributed by atoms with Gasteiger partial charge in [0.2, 0.25) is 5.91 Å². The van der Waals surface area contributed by atoms with Gasteiger partial charge in [-0.15, -0.1) is 0 Å². The number of aliphatic imine (C=N–C) groups is 1. The molecule has 1 fully saturated rings. The molecule has 1 amide bonds. The summed E-state index contributed by atoms with van der Waals surface area (Å²) in [7, 11) is 1.63. The van der Waals surface area contributed by atoms with E-state index in [-0.39, 0.29) is 35.4 Å². The Bertz CT molecular complexity index is 1470. The van der Waals surface area contributed by atoms with Gasteiger partial charge in [0, 0.05) is 48.5 Å². The molecule has 1 aliphatic heterocycles. The first-order valence-corrected chi connectivity index (χ1v) is 14.3. The van der Waals surface area contributed by atoms with Crippen LogP contribution in [0, 0.1) is 5.92 Å². The highest BCUT2D eigenvalue weighted by molar-refractivity contribution is 6.13. The fourth-order valence-electron chi connectivity index (χ4n) is 6.63. The quantitative estimate of drug-likeness (QED) is 0.357. The Balaban J connectivity index is 1.64. The fourth-order valence-corrected chi connectivity index (χ4v) is 6.63. The lowest BCUT2D eigenvalue weighted by atomic mass is 9.72. The van der Waals surface area contributed by atoms with E-state index in [0.29, 0.717) is 29.8 Å². The molecule has 1 heterocycles. The zero-order valence-corrected chi connectivity index (χ0v) is 24.7. The normalized spacial score (nSPS) is 20.3. The average Bonchev–Trinajstić information content (AvgIpc) is 3.07. The van der Waals surface area contributed by atoms with Crippen molar-refractivity contribution in [2.45, 2.75) is 71.5 Å². The zero-order chi connectivity index (χ0) is 29.4. The summed E-state index contributed by atoms with van der Waals surface area (Å²) in [6.45, 7) is 9.98. The van der Waals surface area contributed by atoms with Crippen LogP contribution in [0.15, 0.2) is 71.7 Å². The fraction of sp³-hybridized carbons (Fsp3) is 0.382. The molecule has 7 nitrogen and oxygen atoms in total. The molecule has 2 aliphatic rings. The Morgan fingerprint density at radius 1 is 1.00 bits per heavy atom. The maximum absolute atomic E-state index is 14.1. The lowest BCUT2D eigenvalue weighted by molar-refractivity contribution is -0.123. The molecule has 7 heteroatoms. The number of carbonyl (C=O) groups excluding carboxylic acids is 2. The second-order valence-corrected chi connectivity index (χ2v) is 11.6. The number of ether oxygens (including phenoxy) is 1. The Morgan fingerprint density at radius 3 is 2.29 bits per heavy atom. The molecule has 5 rings (SSSR count). The van der Waals surface area contributed by atoms with Crippen molar-refractivity contribution in [2.75, 3.05) is 16.9 Å². The molecule has 0 aromatic heterocycles. The average molecular weight is 554 g/mol. The molecule has 3 aromatic carbocycles. The third-order valence-electron chi connectivity index (χ3n) is 8.28. The van der Waals surface area contributed by atoms with Gasteiger partial charge in [0.25, 0.3) is 0 Å². The van der Waals surface area contributed by atoms with Crippen LogP contribution in [-0.2, 0) is 9.59 Å². The van der Waals surface area contributed by atoms with Crippen LogP contribution >= 0.6 is 0 Å². The van der Waals surface area contributed by atoms with Crippen molar-refractivity contribution in [3.05, 3.63) is 77.9 Å². The number of Topliss-reactive ketones (excluding diaryl/α,β-unsaturated/α-hetero) is 1. The number of hydrogen-bond acceptors (Lipinski definition) is 6. The number of phenolic OH excluding ortho intramolecular Hbond substituents is 1. The van der Waals surface area contributed by atoms with Crippen LogP contribution in [0.3, 0.4) is 0 Å². The van der Waals surface area contributed by atoms with E-state index >= 15 is 0 Å². The molecule has 3 atom stereocenters. The number of amides is 1. The smallest absolute Gasteiger partial charge is 0.224 e. The molecular formula is C34H39N3O4. The number of phenols is 1. The SMILES string of the molecule is COc1ccc(C2CC(=O)C3C(=Nc4ccccc4N(C(C)=O)C3c3ccc(N(C(C)C)C(C)C)cc3O)C2)cc1. The number of hydrogen-bond donors (Lipinski definition) is 1. The predicted molar refractivity (Wildman–Crippen MR) is 164 cm³/mol. The van der Waals surface area contributed by atoms with Gasteiger partial charge in [-0.2, -0.15) is 0 Å². The van der Waals surface area contributed by atoms with Gasteiger partial charge in [-0.25, -0.2) is 0 Å². The number of carbonyl (C=O) groups is 2. The first kappa shape index (κ1) is 28.4. The van der Waals surface area contributed by atoms with E-state index in [2.05, 4.69) is 32.6 Å². The molecule has 0 radical (unpaired) electrons. The molecule has 3 aromatic rings. The molecule has 214 valence electrons. The molecule has 1 saturated carbocycles. The first-order valence-electron chi connectivity index (χ1n) is 14.3. The number of anilines is 2. The monoisotopic (exact) mass is 553 g/mol. The Morgan fingerprint density at radius 2 is 1.68 bits per heavy atom. The van der Waals surface area contributed by atoms with E-state index in [1.54, 1.807) is 18.1 Å². The van der Waals surface area contributed by atoms with E-state index in [9.17, 15) is 14.7 Å². The maximum atomic E-state index is 14.1. The highest BCUT2D eigenvalue weighted by Crippen LogP contribution is 2.49. The van der Waals surface area contributed by atoms with E-state index in [1.807, 2.05) is 60.7 Å². The third kappa shape index (κ3) is 5.33. The maximum Gasteiger partial charge on any atom is 0.224 e. The van der Waals surface area contributed by atoms with Crippen molar-refractivity contribution >= 4 is 34.5 Å². The van der Waals surface area contributed by atoms with E-state index < -0.39 is 12.0 Å². The molecule has 0 bridgehead atoms. The summed E-state index contributed by atoms with van der Waals surface area (Å²) < 4.78 is 5.32. The van der Waals surface area contributed by atoms with Crippen LogP contribution < -0.4 is 14.5 Å². The van der Waals surface area contributed by atoms with Crippen LogP contribution in [0.4, 0.5) is 17.1 Å². The molecule has 0 saturated heterocycles. The van der Waals surface area contributed by atoms with Gasteiger partial charge >= 0.3 is 0 Å². The summed E-state index contributed by atoms with van der Waals surface area (Å²) in [6, 6.07) is 20.7. The molecule has 0 spiro atoms. The van der Waals surface area contributed by atoms with Gasteiger partial charge in [-0.1, -0.05) is 30.3 Å². The van der Waals surface area contributed by atoms with Crippen molar-refractivity contribution < 1.29 is 19.4 Å². The number of fused-ring (bicyclic) bond motifs is 2. The van der Waals surface area contributed by atoms with Gasteiger partial charge in [-0.05, 0) is 75.9 Å². The van der Waals surface area contributed by atoms with Crippen molar-refractivity contribution in [3.8, 4) is 11.5 Å². The van der Waals surface area contributed by atoms with Gasteiger partial charge in [0.1, 0.15) is 17.3 Å². The number of methoxy groups -OCH3 is 1. The number of aromatic hydroxyl groups is 1. The number of ketones is 1. The first-order chi connectivity index (χ1) is 19.6. The molecule has 1 N–H and O–H groups in total. The van der Waals surface area contributed by atoms with Crippen molar-refractivity contribution in [1.82, 2.24) is 0 Å². The minimum atomic E-state index is -0.722. The van der Waals surface area contributed by atoms with Crippen molar-refractivity contribution in [2.24, 2.45) is 10.9 Å². The number of benzene rings is 3. The van der Waals surface area contributed by atoms with Crippen LogP contribution in [-0.4, -0.2) is 41.7 Å². The van der Waals surface area contributed by atoms with E-state index in [1.165, 1.54) is 6.92 Å². The Labute approximate surface area is 242 Å². The highest BCUT2D eigenvalue weighted by Gasteiger charge is 2.46. The second kappa shape index (κ2) is 11.4. The Hall–Kier alpha value is -4.13. The third-order valence-corrected chi connectivity index (χ3v) is 8.28. The van der Waals surface area contributed by atoms with Crippen molar-refractivity contribution in [1.29, 1.82) is 0 Å². The molecular weight excluding hydrogens is 514 g/mol. The minimum Gasteiger partial charge on any atom is -0.508 e. The predicted octanol–water partition coefficient (Wildman–Crippen LogP) is 6.97. The molecule has 1 aliphatic carbocycles.